The Morgan fingerprint density at radius 2 is 1.69 bits per heavy atom. The van der Waals surface area contributed by atoms with Crippen LogP contribution in [-0.2, 0) is 0 Å². The number of hydrogen-bond acceptors (Lipinski definition) is 2. The zero-order valence-electron chi connectivity index (χ0n) is 9.99. The highest BCUT2D eigenvalue weighted by atomic mass is 35.5. The van der Waals surface area contributed by atoms with Crippen molar-refractivity contribution in [2.75, 3.05) is 31.1 Å². The SMILES string of the molecule is CC(C)N1CCN(c2ccccc2Cl)CC1. The second-order valence-corrected chi connectivity index (χ2v) is 4.98. The van der Waals surface area contributed by atoms with Gasteiger partial charge in [-0.05, 0) is 26.0 Å². The maximum absolute atomic E-state index is 6.20. The minimum absolute atomic E-state index is 0.647. The lowest BCUT2D eigenvalue weighted by atomic mass is 10.2. The Labute approximate surface area is 103 Å². The third kappa shape index (κ3) is 2.50. The van der Waals surface area contributed by atoms with Crippen LogP contribution in [0.25, 0.3) is 0 Å². The normalized spacial score (nSPS) is 18.1. The Morgan fingerprint density at radius 1 is 1.06 bits per heavy atom. The summed E-state index contributed by atoms with van der Waals surface area (Å²) in [4.78, 5) is 4.88. The van der Waals surface area contributed by atoms with Crippen molar-refractivity contribution in [2.24, 2.45) is 0 Å². The van der Waals surface area contributed by atoms with E-state index in [-0.39, 0.29) is 0 Å². The molecule has 0 N–H and O–H groups in total. The van der Waals surface area contributed by atoms with Gasteiger partial charge >= 0.3 is 0 Å². The van der Waals surface area contributed by atoms with E-state index >= 15 is 0 Å². The molecular formula is C13H19ClN2. The lowest BCUT2D eigenvalue weighted by molar-refractivity contribution is 0.209. The first-order chi connectivity index (χ1) is 7.68. The molecule has 1 aromatic rings. The predicted octanol–water partition coefficient (Wildman–Crippen LogP) is 2.87. The molecule has 0 radical (unpaired) electrons. The van der Waals surface area contributed by atoms with Crippen LogP contribution < -0.4 is 4.90 Å². The molecule has 0 amide bonds. The molecule has 0 aliphatic carbocycles. The molecule has 1 aliphatic rings. The molecule has 0 saturated carbocycles. The first kappa shape index (κ1) is 11.7. The van der Waals surface area contributed by atoms with Crippen LogP contribution in [0.3, 0.4) is 0 Å². The average Bonchev–Trinajstić information content (AvgIpc) is 2.30. The molecule has 88 valence electrons. The lowest BCUT2D eigenvalue weighted by Crippen LogP contribution is -2.48. The number of anilines is 1. The fourth-order valence-electron chi connectivity index (χ4n) is 2.19. The van der Waals surface area contributed by atoms with Crippen LogP contribution in [0.15, 0.2) is 24.3 Å². The topological polar surface area (TPSA) is 6.48 Å². The van der Waals surface area contributed by atoms with Crippen molar-refractivity contribution < 1.29 is 0 Å². The van der Waals surface area contributed by atoms with Crippen molar-refractivity contribution in [3.63, 3.8) is 0 Å². The number of halogens is 1. The van der Waals surface area contributed by atoms with E-state index in [2.05, 4.69) is 35.8 Å². The van der Waals surface area contributed by atoms with Gasteiger partial charge in [-0.1, -0.05) is 23.7 Å². The number of piperazine rings is 1. The maximum Gasteiger partial charge on any atom is 0.0639 e. The van der Waals surface area contributed by atoms with Gasteiger partial charge in [0.1, 0.15) is 0 Å². The van der Waals surface area contributed by atoms with Crippen LogP contribution in [-0.4, -0.2) is 37.1 Å². The zero-order chi connectivity index (χ0) is 11.5. The van der Waals surface area contributed by atoms with E-state index in [0.29, 0.717) is 6.04 Å². The summed E-state index contributed by atoms with van der Waals surface area (Å²) < 4.78 is 0. The molecule has 3 heteroatoms. The summed E-state index contributed by atoms with van der Waals surface area (Å²) in [5.74, 6) is 0. The van der Waals surface area contributed by atoms with Gasteiger partial charge < -0.3 is 4.90 Å². The summed E-state index contributed by atoms with van der Waals surface area (Å²) in [7, 11) is 0. The van der Waals surface area contributed by atoms with E-state index in [1.165, 1.54) is 5.69 Å². The van der Waals surface area contributed by atoms with E-state index in [9.17, 15) is 0 Å². The summed E-state index contributed by atoms with van der Waals surface area (Å²) in [6, 6.07) is 8.75. The average molecular weight is 239 g/mol. The Kier molecular flexibility index (Phi) is 3.72. The van der Waals surface area contributed by atoms with E-state index < -0.39 is 0 Å². The fourth-order valence-corrected chi connectivity index (χ4v) is 2.44. The van der Waals surface area contributed by atoms with Crippen LogP contribution >= 0.6 is 11.6 Å². The summed E-state index contributed by atoms with van der Waals surface area (Å²) in [5.41, 5.74) is 1.17. The lowest BCUT2D eigenvalue weighted by Gasteiger charge is -2.38. The highest BCUT2D eigenvalue weighted by Crippen LogP contribution is 2.26. The summed E-state index contributed by atoms with van der Waals surface area (Å²) >= 11 is 6.20. The Morgan fingerprint density at radius 3 is 2.25 bits per heavy atom. The van der Waals surface area contributed by atoms with Crippen LogP contribution in [0, 0.1) is 0 Å². The molecule has 0 bridgehead atoms. The highest BCUT2D eigenvalue weighted by Gasteiger charge is 2.19. The van der Waals surface area contributed by atoms with Crippen molar-refractivity contribution in [1.82, 2.24) is 4.90 Å². The van der Waals surface area contributed by atoms with Gasteiger partial charge in [-0.3, -0.25) is 4.90 Å². The molecule has 2 rings (SSSR count). The second-order valence-electron chi connectivity index (χ2n) is 4.57. The molecule has 16 heavy (non-hydrogen) atoms. The molecule has 1 fully saturated rings. The number of benzene rings is 1. The van der Waals surface area contributed by atoms with Gasteiger partial charge in [0.2, 0.25) is 0 Å². The molecule has 1 aliphatic heterocycles. The van der Waals surface area contributed by atoms with E-state index in [4.69, 9.17) is 11.6 Å². The molecular weight excluding hydrogens is 220 g/mol. The Bertz CT molecular complexity index is 344. The third-order valence-corrected chi connectivity index (χ3v) is 3.56. The first-order valence-electron chi connectivity index (χ1n) is 5.92. The highest BCUT2D eigenvalue weighted by molar-refractivity contribution is 6.33. The molecule has 0 atom stereocenters. The quantitative estimate of drug-likeness (QED) is 0.782. The largest absolute Gasteiger partial charge is 0.368 e. The minimum Gasteiger partial charge on any atom is -0.368 e. The van der Waals surface area contributed by atoms with E-state index in [1.54, 1.807) is 0 Å². The van der Waals surface area contributed by atoms with Crippen molar-refractivity contribution in [3.8, 4) is 0 Å². The summed E-state index contributed by atoms with van der Waals surface area (Å²) in [6.45, 7) is 8.91. The van der Waals surface area contributed by atoms with Crippen LogP contribution in [0.5, 0.6) is 0 Å². The number of rotatable bonds is 2. The van der Waals surface area contributed by atoms with E-state index in [1.807, 2.05) is 12.1 Å². The van der Waals surface area contributed by atoms with Gasteiger partial charge in [0, 0.05) is 32.2 Å². The minimum atomic E-state index is 0.647. The van der Waals surface area contributed by atoms with Crippen molar-refractivity contribution in [1.29, 1.82) is 0 Å². The van der Waals surface area contributed by atoms with Gasteiger partial charge in [0.15, 0.2) is 0 Å². The molecule has 1 heterocycles. The Balaban J connectivity index is 2.02. The smallest absolute Gasteiger partial charge is 0.0639 e. The van der Waals surface area contributed by atoms with Crippen molar-refractivity contribution >= 4 is 17.3 Å². The van der Waals surface area contributed by atoms with Gasteiger partial charge in [0.25, 0.3) is 0 Å². The molecule has 2 nitrogen and oxygen atoms in total. The van der Waals surface area contributed by atoms with Gasteiger partial charge in [0.05, 0.1) is 10.7 Å². The number of nitrogens with zero attached hydrogens (tertiary/aromatic N) is 2. The van der Waals surface area contributed by atoms with Crippen LogP contribution in [0.1, 0.15) is 13.8 Å². The maximum atomic E-state index is 6.20. The molecule has 1 saturated heterocycles. The van der Waals surface area contributed by atoms with Crippen molar-refractivity contribution in [2.45, 2.75) is 19.9 Å². The van der Waals surface area contributed by atoms with Gasteiger partial charge in [-0.15, -0.1) is 0 Å². The third-order valence-electron chi connectivity index (χ3n) is 3.24. The van der Waals surface area contributed by atoms with Crippen molar-refractivity contribution in [3.05, 3.63) is 29.3 Å². The van der Waals surface area contributed by atoms with Crippen LogP contribution in [0.2, 0.25) is 5.02 Å². The predicted molar refractivity (Wildman–Crippen MR) is 70.4 cm³/mol. The molecule has 1 aromatic carbocycles. The monoisotopic (exact) mass is 238 g/mol. The van der Waals surface area contributed by atoms with Gasteiger partial charge in [-0.2, -0.15) is 0 Å². The standard InChI is InChI=1S/C13H19ClN2/c1-11(2)15-7-9-16(10-8-15)13-6-4-3-5-12(13)14/h3-6,11H,7-10H2,1-2H3. The molecule has 0 unspecified atom stereocenters. The fraction of sp³-hybridized carbons (Fsp3) is 0.538. The molecule has 0 aromatic heterocycles. The van der Waals surface area contributed by atoms with Crippen LogP contribution in [0.4, 0.5) is 5.69 Å². The molecule has 0 spiro atoms. The summed E-state index contributed by atoms with van der Waals surface area (Å²) in [6.07, 6.45) is 0. The van der Waals surface area contributed by atoms with E-state index in [0.717, 1.165) is 31.2 Å². The number of hydrogen-bond donors (Lipinski definition) is 0. The first-order valence-corrected chi connectivity index (χ1v) is 6.30. The number of para-hydroxylation sites is 1. The second kappa shape index (κ2) is 5.07. The summed E-state index contributed by atoms with van der Waals surface area (Å²) in [5, 5.41) is 0.862. The van der Waals surface area contributed by atoms with Gasteiger partial charge in [-0.25, -0.2) is 0 Å². The Hall–Kier alpha value is -0.730. The zero-order valence-corrected chi connectivity index (χ0v) is 10.7.